The second-order valence-corrected chi connectivity index (χ2v) is 9.95. The molecule has 1 aliphatic rings. The normalized spacial score (nSPS) is 13.5. The van der Waals surface area contributed by atoms with Crippen LogP contribution in [0.2, 0.25) is 0 Å². The highest BCUT2D eigenvalue weighted by atomic mass is 32.2. The first-order chi connectivity index (χ1) is 18.1. The molecule has 2 aromatic carbocycles. The lowest BCUT2D eigenvalue weighted by Gasteiger charge is -2.26. The molecule has 0 aliphatic carbocycles. The smallest absolute Gasteiger partial charge is 0.260 e. The maximum absolute atomic E-state index is 12.4. The van der Waals surface area contributed by atoms with E-state index in [0.717, 1.165) is 21.2 Å². The molecule has 9 nitrogen and oxygen atoms in total. The predicted molar refractivity (Wildman–Crippen MR) is 145 cm³/mol. The van der Waals surface area contributed by atoms with E-state index in [4.69, 9.17) is 14.2 Å². The summed E-state index contributed by atoms with van der Waals surface area (Å²) in [6, 6.07) is 15.2. The SMILES string of the molecule is CCOc1cc(/C=N/NC(=O)CSc2nc(-c3ccccc3)cs2)ccc1OCC(=O)N1CCOCC1. The maximum Gasteiger partial charge on any atom is 0.260 e. The van der Waals surface area contributed by atoms with E-state index < -0.39 is 0 Å². The van der Waals surface area contributed by atoms with Crippen molar-refractivity contribution in [3.63, 3.8) is 0 Å². The van der Waals surface area contributed by atoms with Crippen molar-refractivity contribution in [2.24, 2.45) is 5.10 Å². The number of hydrogen-bond acceptors (Lipinski definition) is 9. The highest BCUT2D eigenvalue weighted by Gasteiger charge is 2.18. The topological polar surface area (TPSA) is 102 Å². The van der Waals surface area contributed by atoms with Crippen LogP contribution in [0.4, 0.5) is 0 Å². The predicted octanol–water partition coefficient (Wildman–Crippen LogP) is 3.69. The monoisotopic (exact) mass is 540 g/mol. The van der Waals surface area contributed by atoms with E-state index >= 15 is 0 Å². The van der Waals surface area contributed by atoms with E-state index in [1.165, 1.54) is 29.3 Å². The van der Waals surface area contributed by atoms with Crippen LogP contribution in [0.1, 0.15) is 12.5 Å². The van der Waals surface area contributed by atoms with E-state index in [1.54, 1.807) is 23.1 Å². The fourth-order valence-corrected chi connectivity index (χ4v) is 5.07. The van der Waals surface area contributed by atoms with Crippen LogP contribution < -0.4 is 14.9 Å². The van der Waals surface area contributed by atoms with E-state index in [9.17, 15) is 9.59 Å². The average Bonchev–Trinajstić information content (AvgIpc) is 3.42. The van der Waals surface area contributed by atoms with E-state index in [1.807, 2.05) is 42.6 Å². The van der Waals surface area contributed by atoms with Crippen LogP contribution in [-0.4, -0.2) is 73.2 Å². The molecule has 1 saturated heterocycles. The van der Waals surface area contributed by atoms with Crippen molar-refractivity contribution in [3.05, 3.63) is 59.5 Å². The van der Waals surface area contributed by atoms with Gasteiger partial charge in [-0.3, -0.25) is 9.59 Å². The summed E-state index contributed by atoms with van der Waals surface area (Å²) in [5.74, 6) is 0.850. The highest BCUT2D eigenvalue weighted by Crippen LogP contribution is 2.29. The third-order valence-corrected chi connectivity index (χ3v) is 7.29. The van der Waals surface area contributed by atoms with Crippen molar-refractivity contribution in [2.45, 2.75) is 11.3 Å². The summed E-state index contributed by atoms with van der Waals surface area (Å²) >= 11 is 2.87. The van der Waals surface area contributed by atoms with Crippen LogP contribution >= 0.6 is 23.1 Å². The zero-order valence-electron chi connectivity index (χ0n) is 20.4. The number of nitrogens with one attached hydrogen (secondary N) is 1. The number of morpholine rings is 1. The number of hydrazone groups is 1. The highest BCUT2D eigenvalue weighted by molar-refractivity contribution is 8.01. The molecule has 1 fully saturated rings. The second kappa shape index (κ2) is 13.8. The Balaban J connectivity index is 1.26. The van der Waals surface area contributed by atoms with Crippen molar-refractivity contribution in [1.82, 2.24) is 15.3 Å². The fourth-order valence-electron chi connectivity index (χ4n) is 3.44. The number of aromatic nitrogens is 1. The first-order valence-electron chi connectivity index (χ1n) is 11.8. The van der Waals surface area contributed by atoms with Gasteiger partial charge in [0.15, 0.2) is 22.4 Å². The van der Waals surface area contributed by atoms with Crippen molar-refractivity contribution < 1.29 is 23.8 Å². The van der Waals surface area contributed by atoms with Gasteiger partial charge in [0.25, 0.3) is 11.8 Å². The summed E-state index contributed by atoms with van der Waals surface area (Å²) in [7, 11) is 0. The van der Waals surface area contributed by atoms with Gasteiger partial charge in [0.2, 0.25) is 0 Å². The molecule has 1 aromatic heterocycles. The number of benzene rings is 2. The molecule has 1 aliphatic heterocycles. The van der Waals surface area contributed by atoms with E-state index in [0.29, 0.717) is 44.4 Å². The molecule has 2 amide bonds. The number of hydrogen-bond donors (Lipinski definition) is 1. The van der Waals surface area contributed by atoms with Crippen LogP contribution in [0.25, 0.3) is 11.3 Å². The van der Waals surface area contributed by atoms with Crippen LogP contribution in [-0.2, 0) is 14.3 Å². The number of carbonyl (C=O) groups excluding carboxylic acids is 2. The number of ether oxygens (including phenoxy) is 3. The average molecular weight is 541 g/mol. The third kappa shape index (κ3) is 8.04. The molecule has 1 N–H and O–H groups in total. The largest absolute Gasteiger partial charge is 0.490 e. The Bertz CT molecular complexity index is 1210. The molecule has 194 valence electrons. The Morgan fingerprint density at radius 1 is 1.16 bits per heavy atom. The van der Waals surface area contributed by atoms with Crippen LogP contribution in [0.15, 0.2) is 63.4 Å². The molecule has 2 heterocycles. The second-order valence-electron chi connectivity index (χ2n) is 7.87. The van der Waals surface area contributed by atoms with Crippen LogP contribution in [0, 0.1) is 0 Å². The third-order valence-electron chi connectivity index (χ3n) is 5.26. The maximum atomic E-state index is 12.4. The summed E-state index contributed by atoms with van der Waals surface area (Å²) in [5, 5.41) is 6.03. The van der Waals surface area contributed by atoms with Gasteiger partial charge in [0.05, 0.1) is 37.5 Å². The van der Waals surface area contributed by atoms with Crippen LogP contribution in [0.5, 0.6) is 11.5 Å². The summed E-state index contributed by atoms with van der Waals surface area (Å²) in [4.78, 5) is 30.9. The molecule has 0 bridgehead atoms. The molecule has 0 atom stereocenters. The van der Waals surface area contributed by atoms with Crippen molar-refractivity contribution >= 4 is 41.1 Å². The minimum absolute atomic E-state index is 0.0762. The Morgan fingerprint density at radius 2 is 1.97 bits per heavy atom. The molecule has 0 radical (unpaired) electrons. The number of nitrogens with zero attached hydrogens (tertiary/aromatic N) is 3. The van der Waals surface area contributed by atoms with E-state index in [2.05, 4.69) is 15.5 Å². The zero-order chi connectivity index (χ0) is 25.9. The molecule has 0 unspecified atom stereocenters. The van der Waals surface area contributed by atoms with Gasteiger partial charge in [-0.2, -0.15) is 5.10 Å². The fraction of sp³-hybridized carbons (Fsp3) is 0.308. The molecule has 0 spiro atoms. The number of thioether (sulfide) groups is 1. The van der Waals surface area contributed by atoms with Gasteiger partial charge in [0, 0.05) is 24.0 Å². The number of thiazole rings is 1. The summed E-state index contributed by atoms with van der Waals surface area (Å²) in [5.41, 5.74) is 5.20. The Kier molecular flexibility index (Phi) is 9.92. The van der Waals surface area contributed by atoms with Crippen molar-refractivity contribution in [1.29, 1.82) is 0 Å². The lowest BCUT2D eigenvalue weighted by atomic mass is 10.2. The molecular formula is C26H28N4O5S2. The zero-order valence-corrected chi connectivity index (χ0v) is 22.1. The van der Waals surface area contributed by atoms with Crippen molar-refractivity contribution in [3.8, 4) is 22.8 Å². The molecular weight excluding hydrogens is 512 g/mol. The summed E-state index contributed by atoms with van der Waals surface area (Å²) < 4.78 is 17.5. The van der Waals surface area contributed by atoms with Gasteiger partial charge in [-0.1, -0.05) is 42.1 Å². The Morgan fingerprint density at radius 3 is 2.76 bits per heavy atom. The summed E-state index contributed by atoms with van der Waals surface area (Å²) in [6.07, 6.45) is 1.53. The lowest BCUT2D eigenvalue weighted by Crippen LogP contribution is -2.43. The minimum Gasteiger partial charge on any atom is -0.490 e. The summed E-state index contributed by atoms with van der Waals surface area (Å²) in [6.45, 7) is 4.45. The quantitative estimate of drug-likeness (QED) is 0.225. The Hall–Kier alpha value is -3.41. The van der Waals surface area contributed by atoms with Gasteiger partial charge in [0.1, 0.15) is 0 Å². The van der Waals surface area contributed by atoms with Gasteiger partial charge in [-0.05, 0) is 30.7 Å². The standard InChI is InChI=1S/C26H28N4O5S2/c1-2-34-23-14-19(8-9-22(23)35-16-25(32)30-10-12-33-13-11-30)15-27-29-24(31)18-37-26-28-21(17-36-26)20-6-4-3-5-7-20/h3-9,14-15,17H,2,10-13,16,18H2,1H3,(H,29,31)/b27-15+. The number of carbonyl (C=O) groups is 2. The van der Waals surface area contributed by atoms with Crippen molar-refractivity contribution in [2.75, 3.05) is 45.3 Å². The first-order valence-corrected chi connectivity index (χ1v) is 13.7. The number of rotatable bonds is 11. The van der Waals surface area contributed by atoms with Gasteiger partial charge in [-0.15, -0.1) is 11.3 Å². The van der Waals surface area contributed by atoms with E-state index in [-0.39, 0.29) is 24.2 Å². The first kappa shape index (κ1) is 26.6. The lowest BCUT2D eigenvalue weighted by molar-refractivity contribution is -0.137. The Labute approximate surface area is 223 Å². The minimum atomic E-state index is -0.232. The van der Waals surface area contributed by atoms with Gasteiger partial charge < -0.3 is 19.1 Å². The molecule has 4 rings (SSSR count). The van der Waals surface area contributed by atoms with Gasteiger partial charge in [-0.25, -0.2) is 10.4 Å². The molecule has 37 heavy (non-hydrogen) atoms. The number of amides is 2. The molecule has 3 aromatic rings. The molecule has 0 saturated carbocycles. The van der Waals surface area contributed by atoms with Crippen LogP contribution in [0.3, 0.4) is 0 Å². The van der Waals surface area contributed by atoms with Gasteiger partial charge >= 0.3 is 0 Å². The molecule has 11 heteroatoms.